The van der Waals surface area contributed by atoms with Gasteiger partial charge >= 0.3 is 0 Å². The van der Waals surface area contributed by atoms with Gasteiger partial charge in [0.15, 0.2) is 11.0 Å². The number of nitrogens with two attached hydrogens (primary N) is 2. The molecule has 0 unspecified atom stereocenters. The standard InChI is InChI=1S/C24H32N8OS2/c1-15(25)14-19(26)28-21-20(34-3)22(32-12-10-31(2)11-13-32)30-24(29-21)35-18-8-6-17(7-9-18)27-23(33)16-4-5-16/h6-9,14,16H,4-5,10-13,25H2,1-3H3,(H,27,33)(H2,26,28,29,30)/b15-14-. The first-order valence-electron chi connectivity index (χ1n) is 11.6. The molecule has 2 heterocycles. The van der Waals surface area contributed by atoms with E-state index in [1.54, 1.807) is 24.8 Å². The maximum atomic E-state index is 12.0. The number of likely N-dealkylation sites (N-methyl/N-ethyl adjacent to an activating group) is 1. The molecule has 1 aromatic heterocycles. The van der Waals surface area contributed by atoms with Gasteiger partial charge in [-0.2, -0.15) is 0 Å². The second-order valence-corrected chi connectivity index (χ2v) is 10.6. The highest BCUT2D eigenvalue weighted by Crippen LogP contribution is 2.38. The maximum absolute atomic E-state index is 12.0. The minimum atomic E-state index is 0.0973. The Morgan fingerprint density at radius 3 is 2.43 bits per heavy atom. The number of amidine groups is 1. The van der Waals surface area contributed by atoms with Crippen molar-refractivity contribution in [3.05, 3.63) is 36.0 Å². The van der Waals surface area contributed by atoms with Crippen molar-refractivity contribution in [1.29, 1.82) is 0 Å². The fourth-order valence-corrected chi connectivity index (χ4v) is 5.01. The number of carbonyl (C=O) groups excluding carboxylic acids is 1. The van der Waals surface area contributed by atoms with Crippen LogP contribution in [0.3, 0.4) is 0 Å². The van der Waals surface area contributed by atoms with Crippen LogP contribution < -0.4 is 21.7 Å². The van der Waals surface area contributed by atoms with Gasteiger partial charge in [0, 0.05) is 48.4 Å². The topological polar surface area (TPSA) is 126 Å². The average Bonchev–Trinajstić information content (AvgIpc) is 3.66. The zero-order chi connectivity index (χ0) is 24.9. The summed E-state index contributed by atoms with van der Waals surface area (Å²) in [5.74, 6) is 1.98. The molecule has 1 saturated carbocycles. The van der Waals surface area contributed by atoms with E-state index in [0.29, 0.717) is 22.5 Å². The highest BCUT2D eigenvalue weighted by molar-refractivity contribution is 7.99. The predicted molar refractivity (Wildman–Crippen MR) is 145 cm³/mol. The molecule has 2 aliphatic rings. The number of aliphatic imine (C=N–C) groups is 1. The summed E-state index contributed by atoms with van der Waals surface area (Å²) in [6.07, 6.45) is 5.59. The molecule has 1 amide bonds. The van der Waals surface area contributed by atoms with Crippen molar-refractivity contribution in [2.45, 2.75) is 34.7 Å². The van der Waals surface area contributed by atoms with Crippen LogP contribution in [-0.2, 0) is 4.79 Å². The van der Waals surface area contributed by atoms with Crippen LogP contribution in [0.4, 0.5) is 17.3 Å². The summed E-state index contributed by atoms with van der Waals surface area (Å²) in [6, 6.07) is 7.75. The molecule has 0 radical (unpaired) electrons. The van der Waals surface area contributed by atoms with E-state index in [4.69, 9.17) is 21.4 Å². The fourth-order valence-electron chi connectivity index (χ4n) is 3.63. The van der Waals surface area contributed by atoms with Crippen LogP contribution in [-0.4, -0.2) is 66.1 Å². The van der Waals surface area contributed by atoms with E-state index in [0.717, 1.165) is 60.3 Å². The Balaban J connectivity index is 1.63. The van der Waals surface area contributed by atoms with Crippen LogP contribution in [0.2, 0.25) is 0 Å². The number of hydrogen-bond donors (Lipinski definition) is 3. The number of thioether (sulfide) groups is 1. The van der Waals surface area contributed by atoms with Gasteiger partial charge < -0.3 is 26.6 Å². The molecule has 0 spiro atoms. The Labute approximate surface area is 214 Å². The van der Waals surface area contributed by atoms with Gasteiger partial charge in [-0.15, -0.1) is 11.8 Å². The van der Waals surface area contributed by atoms with Crippen LogP contribution in [0, 0.1) is 5.92 Å². The van der Waals surface area contributed by atoms with Gasteiger partial charge in [-0.25, -0.2) is 15.0 Å². The lowest BCUT2D eigenvalue weighted by atomic mass is 10.3. The zero-order valence-electron chi connectivity index (χ0n) is 20.3. The smallest absolute Gasteiger partial charge is 0.227 e. The number of allylic oxidation sites excluding steroid dienone is 1. The van der Waals surface area contributed by atoms with Crippen molar-refractivity contribution in [1.82, 2.24) is 14.9 Å². The van der Waals surface area contributed by atoms with Crippen molar-refractivity contribution in [2.24, 2.45) is 22.4 Å². The van der Waals surface area contributed by atoms with Gasteiger partial charge in [-0.05, 0) is 75.2 Å². The largest absolute Gasteiger partial charge is 0.402 e. The lowest BCUT2D eigenvalue weighted by molar-refractivity contribution is -0.117. The van der Waals surface area contributed by atoms with Crippen LogP contribution >= 0.6 is 23.5 Å². The maximum Gasteiger partial charge on any atom is 0.227 e. The fraction of sp³-hybridized carbons (Fsp3) is 0.417. The zero-order valence-corrected chi connectivity index (χ0v) is 22.0. The van der Waals surface area contributed by atoms with Crippen LogP contribution in [0.15, 0.2) is 56.0 Å². The van der Waals surface area contributed by atoms with Gasteiger partial charge in [0.2, 0.25) is 5.91 Å². The monoisotopic (exact) mass is 512 g/mol. The summed E-state index contributed by atoms with van der Waals surface area (Å²) in [7, 11) is 2.13. The number of nitrogens with zero attached hydrogens (tertiary/aromatic N) is 5. The minimum Gasteiger partial charge on any atom is -0.402 e. The molecular weight excluding hydrogens is 480 g/mol. The third-order valence-electron chi connectivity index (χ3n) is 5.71. The van der Waals surface area contributed by atoms with E-state index >= 15 is 0 Å². The van der Waals surface area contributed by atoms with E-state index in [1.165, 1.54) is 11.8 Å². The number of aromatic nitrogens is 2. The molecule has 1 aromatic carbocycles. The summed E-state index contributed by atoms with van der Waals surface area (Å²) in [5, 5.41) is 3.56. The van der Waals surface area contributed by atoms with Gasteiger partial charge in [-0.1, -0.05) is 0 Å². The molecular formula is C24H32N8OS2. The SMILES string of the molecule is CSc1c(/N=C(N)/C=C(/C)N)nc(Sc2ccc(NC(=O)C3CC3)cc2)nc1N1CCN(C)CC1. The van der Waals surface area contributed by atoms with E-state index in [9.17, 15) is 4.79 Å². The number of benzene rings is 1. The minimum absolute atomic E-state index is 0.0973. The third-order valence-corrected chi connectivity index (χ3v) is 7.35. The summed E-state index contributed by atoms with van der Waals surface area (Å²) in [5.41, 5.74) is 13.3. The quantitative estimate of drug-likeness (QED) is 0.211. The molecule has 2 fully saturated rings. The first-order valence-corrected chi connectivity index (χ1v) is 13.6. The molecule has 11 heteroatoms. The lowest BCUT2D eigenvalue weighted by Gasteiger charge is -2.34. The number of rotatable bonds is 8. The van der Waals surface area contributed by atoms with Crippen molar-refractivity contribution in [3.8, 4) is 0 Å². The Hall–Kier alpha value is -2.76. The summed E-state index contributed by atoms with van der Waals surface area (Å²) in [4.78, 5) is 32.7. The molecule has 0 atom stereocenters. The van der Waals surface area contributed by atoms with Gasteiger partial charge in [-0.3, -0.25) is 4.79 Å². The second-order valence-electron chi connectivity index (χ2n) is 8.79. The molecule has 0 bridgehead atoms. The molecule has 4 rings (SSSR count). The van der Waals surface area contributed by atoms with Crippen LogP contribution in [0.1, 0.15) is 19.8 Å². The van der Waals surface area contributed by atoms with E-state index in [1.807, 2.05) is 30.5 Å². The molecule has 5 N–H and O–H groups in total. The van der Waals surface area contributed by atoms with Crippen molar-refractivity contribution < 1.29 is 4.79 Å². The Morgan fingerprint density at radius 2 is 1.83 bits per heavy atom. The summed E-state index contributed by atoms with van der Waals surface area (Å²) >= 11 is 3.02. The number of carbonyl (C=O) groups is 1. The van der Waals surface area contributed by atoms with Crippen molar-refractivity contribution in [2.75, 3.05) is 49.7 Å². The molecule has 9 nitrogen and oxygen atoms in total. The second kappa shape index (κ2) is 11.3. The van der Waals surface area contributed by atoms with Crippen molar-refractivity contribution in [3.63, 3.8) is 0 Å². The van der Waals surface area contributed by atoms with E-state index < -0.39 is 0 Å². The number of anilines is 2. The normalized spacial score (nSPS) is 17.5. The molecule has 1 aliphatic heterocycles. The molecule has 1 saturated heterocycles. The third kappa shape index (κ3) is 6.89. The van der Waals surface area contributed by atoms with Crippen molar-refractivity contribution >= 4 is 52.6 Å². The van der Waals surface area contributed by atoms with E-state index in [2.05, 4.69) is 27.2 Å². The first kappa shape index (κ1) is 25.3. The summed E-state index contributed by atoms with van der Waals surface area (Å²) in [6.45, 7) is 5.45. The predicted octanol–water partition coefficient (Wildman–Crippen LogP) is 3.30. The van der Waals surface area contributed by atoms with Crippen LogP contribution in [0.25, 0.3) is 0 Å². The number of hydrogen-bond acceptors (Lipinski definition) is 9. The van der Waals surface area contributed by atoms with Crippen LogP contribution in [0.5, 0.6) is 0 Å². The Morgan fingerprint density at radius 1 is 1.14 bits per heavy atom. The highest BCUT2D eigenvalue weighted by atomic mass is 32.2. The molecule has 186 valence electrons. The number of piperazine rings is 1. The van der Waals surface area contributed by atoms with Gasteiger partial charge in [0.1, 0.15) is 11.7 Å². The van der Waals surface area contributed by atoms with E-state index in [-0.39, 0.29) is 11.8 Å². The first-order chi connectivity index (χ1) is 16.8. The van der Waals surface area contributed by atoms with Gasteiger partial charge in [0.05, 0.1) is 4.90 Å². The molecule has 35 heavy (non-hydrogen) atoms. The number of amides is 1. The Bertz CT molecular complexity index is 1120. The average molecular weight is 513 g/mol. The molecule has 1 aliphatic carbocycles. The Kier molecular flexibility index (Phi) is 8.19. The molecule has 2 aromatic rings. The van der Waals surface area contributed by atoms with Gasteiger partial charge in [0.25, 0.3) is 0 Å². The highest BCUT2D eigenvalue weighted by Gasteiger charge is 2.29. The summed E-state index contributed by atoms with van der Waals surface area (Å²) < 4.78 is 0. The number of nitrogens with one attached hydrogen (secondary N) is 1. The lowest BCUT2D eigenvalue weighted by Crippen LogP contribution is -2.45.